The van der Waals surface area contributed by atoms with E-state index < -0.39 is 0 Å². The van der Waals surface area contributed by atoms with E-state index >= 15 is 0 Å². The average molecular weight is 377 g/mol. The van der Waals surface area contributed by atoms with Crippen LogP contribution in [0.3, 0.4) is 0 Å². The number of anilines is 1. The molecule has 0 bridgehead atoms. The second kappa shape index (κ2) is 6.63. The van der Waals surface area contributed by atoms with Crippen molar-refractivity contribution < 1.29 is 4.79 Å². The maximum atomic E-state index is 12.7. The Labute approximate surface area is 154 Å². The highest BCUT2D eigenvalue weighted by molar-refractivity contribution is 8.19. The number of nitrogens with one attached hydrogen (secondary N) is 1. The van der Waals surface area contributed by atoms with E-state index in [0.29, 0.717) is 26.2 Å². The van der Waals surface area contributed by atoms with Gasteiger partial charge >= 0.3 is 0 Å². The number of rotatable bonds is 2. The van der Waals surface area contributed by atoms with Crippen LogP contribution in [-0.4, -0.2) is 11.1 Å². The second-order valence-corrected chi connectivity index (χ2v) is 7.37. The van der Waals surface area contributed by atoms with Gasteiger partial charge in [-0.15, -0.1) is 0 Å². The van der Waals surface area contributed by atoms with Gasteiger partial charge in [-0.2, -0.15) is 0 Å². The van der Waals surface area contributed by atoms with Crippen LogP contribution in [0, 0.1) is 19.3 Å². The topological polar surface area (TPSA) is 44.2 Å². The number of halogens is 2. The molecule has 1 fully saturated rings. The third-order valence-electron chi connectivity index (χ3n) is 3.82. The van der Waals surface area contributed by atoms with Gasteiger partial charge in [0.2, 0.25) is 0 Å². The summed E-state index contributed by atoms with van der Waals surface area (Å²) in [7, 11) is 0. The number of amidine groups is 1. The zero-order chi connectivity index (χ0) is 17.4. The summed E-state index contributed by atoms with van der Waals surface area (Å²) in [5.74, 6) is -0.223. The van der Waals surface area contributed by atoms with E-state index in [1.165, 1.54) is 4.90 Å². The van der Waals surface area contributed by atoms with E-state index in [1.54, 1.807) is 24.3 Å². The molecule has 3 nitrogen and oxygen atoms in total. The lowest BCUT2D eigenvalue weighted by atomic mass is 10.1. The van der Waals surface area contributed by atoms with Crippen LogP contribution in [0.1, 0.15) is 16.7 Å². The number of hydrogen-bond acceptors (Lipinski definition) is 3. The number of carbonyl (C=O) groups excluding carboxylic acids is 1. The number of benzene rings is 2. The van der Waals surface area contributed by atoms with Gasteiger partial charge in [0.05, 0.1) is 10.6 Å². The van der Waals surface area contributed by atoms with Gasteiger partial charge in [0.25, 0.3) is 5.91 Å². The van der Waals surface area contributed by atoms with Crippen molar-refractivity contribution in [1.82, 2.24) is 0 Å². The van der Waals surface area contributed by atoms with Crippen molar-refractivity contribution in [3.05, 3.63) is 68.0 Å². The highest BCUT2D eigenvalue weighted by Gasteiger charge is 2.33. The lowest BCUT2D eigenvalue weighted by Crippen LogP contribution is -2.28. The Kier molecular flexibility index (Phi) is 4.72. The van der Waals surface area contributed by atoms with Crippen molar-refractivity contribution in [2.75, 3.05) is 4.90 Å². The molecule has 6 heteroatoms. The summed E-state index contributed by atoms with van der Waals surface area (Å²) in [4.78, 5) is 14.6. The van der Waals surface area contributed by atoms with E-state index in [4.69, 9.17) is 28.6 Å². The molecule has 1 amide bonds. The molecule has 1 saturated heterocycles. The van der Waals surface area contributed by atoms with Crippen molar-refractivity contribution in [1.29, 1.82) is 5.41 Å². The van der Waals surface area contributed by atoms with Crippen LogP contribution in [0.25, 0.3) is 6.08 Å². The summed E-state index contributed by atoms with van der Waals surface area (Å²) < 4.78 is 0. The number of hydrogen-bond donors (Lipinski definition) is 1. The minimum absolute atomic E-state index is 0.180. The molecular formula is C18H14Cl2N2OS. The predicted octanol–water partition coefficient (Wildman–Crippen LogP) is 5.67. The molecule has 1 heterocycles. The number of amides is 1. The van der Waals surface area contributed by atoms with Gasteiger partial charge in [-0.25, -0.2) is 0 Å². The number of aryl methyl sites for hydroxylation is 2. The SMILES string of the molecule is Cc1ccc(N2C(=N)SC(=Cc3ccc(Cl)cc3Cl)C2=O)cc1C. The maximum Gasteiger partial charge on any atom is 0.271 e. The molecule has 1 N–H and O–H groups in total. The zero-order valence-corrected chi connectivity index (χ0v) is 15.4. The Morgan fingerprint density at radius 3 is 2.50 bits per heavy atom. The fraction of sp³-hybridized carbons (Fsp3) is 0.111. The first-order valence-corrected chi connectivity index (χ1v) is 8.79. The molecule has 0 aromatic heterocycles. The third kappa shape index (κ3) is 3.22. The summed E-state index contributed by atoms with van der Waals surface area (Å²) in [5.41, 5.74) is 3.63. The minimum atomic E-state index is -0.223. The summed E-state index contributed by atoms with van der Waals surface area (Å²) in [6.07, 6.45) is 1.70. The second-order valence-electron chi connectivity index (χ2n) is 5.49. The Balaban J connectivity index is 1.96. The van der Waals surface area contributed by atoms with Gasteiger partial charge in [-0.3, -0.25) is 15.1 Å². The summed E-state index contributed by atoms with van der Waals surface area (Å²) >= 11 is 13.2. The van der Waals surface area contributed by atoms with Crippen molar-refractivity contribution in [3.63, 3.8) is 0 Å². The molecule has 1 aliphatic heterocycles. The van der Waals surface area contributed by atoms with E-state index in [2.05, 4.69) is 0 Å². The van der Waals surface area contributed by atoms with Gasteiger partial charge < -0.3 is 0 Å². The molecule has 0 aliphatic carbocycles. The molecule has 1 aliphatic rings. The van der Waals surface area contributed by atoms with Gasteiger partial charge in [0.1, 0.15) is 0 Å². The fourth-order valence-corrected chi connectivity index (χ4v) is 3.66. The smallest absolute Gasteiger partial charge is 0.271 e. The first-order chi connectivity index (χ1) is 11.4. The largest absolute Gasteiger partial charge is 0.278 e. The lowest BCUT2D eigenvalue weighted by Gasteiger charge is -2.15. The van der Waals surface area contributed by atoms with Crippen molar-refractivity contribution in [3.8, 4) is 0 Å². The Hall–Kier alpha value is -1.75. The molecule has 2 aromatic rings. The van der Waals surface area contributed by atoms with Crippen LogP contribution < -0.4 is 4.90 Å². The first-order valence-electron chi connectivity index (χ1n) is 7.21. The van der Waals surface area contributed by atoms with E-state index in [9.17, 15) is 4.79 Å². The first kappa shape index (κ1) is 17.1. The van der Waals surface area contributed by atoms with Crippen LogP contribution >= 0.6 is 35.0 Å². The number of nitrogens with zero attached hydrogens (tertiary/aromatic N) is 1. The van der Waals surface area contributed by atoms with E-state index in [1.807, 2.05) is 32.0 Å². The maximum absolute atomic E-state index is 12.7. The molecule has 2 aromatic carbocycles. The van der Waals surface area contributed by atoms with Crippen molar-refractivity contribution >= 4 is 57.8 Å². The van der Waals surface area contributed by atoms with Crippen LogP contribution in [0.4, 0.5) is 5.69 Å². The van der Waals surface area contributed by atoms with Crippen LogP contribution in [0.15, 0.2) is 41.3 Å². The van der Waals surface area contributed by atoms with Crippen LogP contribution in [0.2, 0.25) is 10.0 Å². The van der Waals surface area contributed by atoms with E-state index in [-0.39, 0.29) is 11.1 Å². The molecule has 0 unspecified atom stereocenters. The molecular weight excluding hydrogens is 363 g/mol. The summed E-state index contributed by atoms with van der Waals surface area (Å²) in [6.45, 7) is 4.00. The Bertz CT molecular complexity index is 893. The molecule has 3 rings (SSSR count). The van der Waals surface area contributed by atoms with E-state index in [0.717, 1.165) is 22.9 Å². The summed E-state index contributed by atoms with van der Waals surface area (Å²) in [5, 5.41) is 9.35. The van der Waals surface area contributed by atoms with Crippen molar-refractivity contribution in [2.45, 2.75) is 13.8 Å². The van der Waals surface area contributed by atoms with Gasteiger partial charge in [-0.1, -0.05) is 35.3 Å². The number of carbonyl (C=O) groups is 1. The molecule has 122 valence electrons. The molecule has 0 atom stereocenters. The fourth-order valence-electron chi connectivity index (χ4n) is 2.35. The Morgan fingerprint density at radius 1 is 1.08 bits per heavy atom. The average Bonchev–Trinajstić information content (AvgIpc) is 2.79. The quantitative estimate of drug-likeness (QED) is 0.686. The molecule has 0 spiro atoms. The monoisotopic (exact) mass is 376 g/mol. The summed E-state index contributed by atoms with van der Waals surface area (Å²) in [6, 6.07) is 10.8. The lowest BCUT2D eigenvalue weighted by molar-refractivity contribution is -0.113. The predicted molar refractivity (Wildman–Crippen MR) is 103 cm³/mol. The van der Waals surface area contributed by atoms with Gasteiger partial charge in [-0.05, 0) is 72.6 Å². The third-order valence-corrected chi connectivity index (χ3v) is 5.27. The molecule has 24 heavy (non-hydrogen) atoms. The van der Waals surface area contributed by atoms with Gasteiger partial charge in [0, 0.05) is 10.0 Å². The van der Waals surface area contributed by atoms with Gasteiger partial charge in [0.15, 0.2) is 5.17 Å². The van der Waals surface area contributed by atoms with Crippen LogP contribution in [0.5, 0.6) is 0 Å². The van der Waals surface area contributed by atoms with Crippen LogP contribution in [-0.2, 0) is 4.79 Å². The number of thioether (sulfide) groups is 1. The normalized spacial score (nSPS) is 16.3. The highest BCUT2D eigenvalue weighted by Crippen LogP contribution is 2.36. The molecule has 0 radical (unpaired) electrons. The highest BCUT2D eigenvalue weighted by atomic mass is 35.5. The van der Waals surface area contributed by atoms with Crippen molar-refractivity contribution in [2.24, 2.45) is 0 Å². The standard InChI is InChI=1S/C18H14Cl2N2OS/c1-10-3-6-14(7-11(10)2)22-17(23)16(24-18(22)21)8-12-4-5-13(19)9-15(12)20/h3-9,21H,1-2H3. The minimum Gasteiger partial charge on any atom is -0.278 e. The Morgan fingerprint density at radius 2 is 1.83 bits per heavy atom. The molecule has 0 saturated carbocycles. The zero-order valence-electron chi connectivity index (χ0n) is 13.1.